The molecule has 3 aromatic rings. The van der Waals surface area contributed by atoms with Crippen molar-refractivity contribution in [3.63, 3.8) is 0 Å². The number of nitrogens with zero attached hydrogens (tertiary/aromatic N) is 3. The zero-order chi connectivity index (χ0) is 21.7. The topological polar surface area (TPSA) is 91.8 Å². The molecule has 0 bridgehead atoms. The molecule has 0 aliphatic carbocycles. The maximum Gasteiger partial charge on any atom is 0.410 e. The Morgan fingerprint density at radius 2 is 1.71 bits per heavy atom. The van der Waals surface area contributed by atoms with Crippen LogP contribution in [0.15, 0.2) is 66.7 Å². The van der Waals surface area contributed by atoms with Gasteiger partial charge in [-0.05, 0) is 30.2 Å². The van der Waals surface area contributed by atoms with Crippen molar-refractivity contribution in [1.29, 1.82) is 0 Å². The number of amides is 1. The highest BCUT2D eigenvalue weighted by Gasteiger charge is 2.27. The monoisotopic (exact) mass is 440 g/mol. The number of rotatable bonds is 5. The van der Waals surface area contributed by atoms with Crippen LogP contribution in [-0.4, -0.2) is 54.9 Å². The first-order valence-electron chi connectivity index (χ1n) is 10.1. The average molecular weight is 441 g/mol. The molecule has 1 saturated heterocycles. The minimum atomic E-state index is -3.79. The third-order valence-electron chi connectivity index (χ3n) is 5.09. The molecule has 1 aliphatic heterocycles. The van der Waals surface area contributed by atoms with Crippen LogP contribution in [0.1, 0.15) is 12.0 Å². The number of para-hydroxylation sites is 1. The first-order chi connectivity index (χ1) is 15.0. The smallest absolute Gasteiger partial charge is 0.410 e. The van der Waals surface area contributed by atoms with Crippen LogP contribution < -0.4 is 4.72 Å². The van der Waals surface area contributed by atoms with Gasteiger partial charge in [0.05, 0.1) is 5.52 Å². The quantitative estimate of drug-likeness (QED) is 0.658. The highest BCUT2D eigenvalue weighted by Crippen LogP contribution is 2.17. The van der Waals surface area contributed by atoms with E-state index < -0.39 is 16.3 Å². The molecule has 0 radical (unpaired) electrons. The maximum atomic E-state index is 12.9. The van der Waals surface area contributed by atoms with Gasteiger partial charge in [0.1, 0.15) is 12.4 Å². The lowest BCUT2D eigenvalue weighted by Gasteiger charge is -2.22. The molecule has 4 rings (SSSR count). The molecule has 1 amide bonds. The van der Waals surface area contributed by atoms with Gasteiger partial charge in [-0.25, -0.2) is 9.78 Å². The molecule has 2 heterocycles. The highest BCUT2D eigenvalue weighted by molar-refractivity contribution is 7.90. The molecule has 0 atom stereocenters. The van der Waals surface area contributed by atoms with Gasteiger partial charge in [-0.15, -0.1) is 0 Å². The lowest BCUT2D eigenvalue weighted by molar-refractivity contribution is 0.0980. The Labute approximate surface area is 181 Å². The molecular formula is C22H24N4O4S. The van der Waals surface area contributed by atoms with E-state index >= 15 is 0 Å². The van der Waals surface area contributed by atoms with Crippen LogP contribution in [0.2, 0.25) is 0 Å². The van der Waals surface area contributed by atoms with E-state index in [0.29, 0.717) is 25.0 Å². The molecule has 0 saturated carbocycles. The van der Waals surface area contributed by atoms with Crippen molar-refractivity contribution >= 4 is 33.0 Å². The van der Waals surface area contributed by atoms with Gasteiger partial charge in [-0.1, -0.05) is 48.5 Å². The SMILES string of the molecule is O=C(OCc1ccccc1)N1CCCN(S(=O)(=O)Nc2ccc3ccccc3n2)CC1. The van der Waals surface area contributed by atoms with Crippen molar-refractivity contribution in [1.82, 2.24) is 14.2 Å². The summed E-state index contributed by atoms with van der Waals surface area (Å²) in [6.07, 6.45) is 0.0826. The molecule has 162 valence electrons. The second kappa shape index (κ2) is 9.32. The normalized spacial score (nSPS) is 15.4. The third-order valence-corrected chi connectivity index (χ3v) is 6.60. The Balaban J connectivity index is 1.36. The number of carbonyl (C=O) groups is 1. The number of carbonyl (C=O) groups excluding carboxylic acids is 1. The largest absolute Gasteiger partial charge is 0.445 e. The molecule has 1 aromatic heterocycles. The van der Waals surface area contributed by atoms with E-state index in [-0.39, 0.29) is 25.5 Å². The molecule has 9 heteroatoms. The van der Waals surface area contributed by atoms with Gasteiger partial charge in [-0.2, -0.15) is 12.7 Å². The second-order valence-corrected chi connectivity index (χ2v) is 8.95. The Bertz CT molecular complexity index is 1150. The number of hydrogen-bond donors (Lipinski definition) is 1. The molecule has 1 aliphatic rings. The Morgan fingerprint density at radius 3 is 2.55 bits per heavy atom. The second-order valence-electron chi connectivity index (χ2n) is 7.28. The summed E-state index contributed by atoms with van der Waals surface area (Å²) in [6.45, 7) is 1.38. The van der Waals surface area contributed by atoms with Gasteiger partial charge in [0.2, 0.25) is 0 Å². The molecule has 0 spiro atoms. The summed E-state index contributed by atoms with van der Waals surface area (Å²) in [4.78, 5) is 18.3. The highest BCUT2D eigenvalue weighted by atomic mass is 32.2. The number of hydrogen-bond acceptors (Lipinski definition) is 5. The Hall–Kier alpha value is -3.17. The maximum absolute atomic E-state index is 12.9. The fourth-order valence-electron chi connectivity index (χ4n) is 3.45. The third kappa shape index (κ3) is 5.31. The zero-order valence-corrected chi connectivity index (χ0v) is 17.8. The summed E-state index contributed by atoms with van der Waals surface area (Å²) in [5.74, 6) is 0.266. The van der Waals surface area contributed by atoms with E-state index in [4.69, 9.17) is 4.74 Å². The summed E-state index contributed by atoms with van der Waals surface area (Å²) >= 11 is 0. The van der Waals surface area contributed by atoms with Gasteiger partial charge < -0.3 is 9.64 Å². The van der Waals surface area contributed by atoms with E-state index in [1.54, 1.807) is 11.0 Å². The molecular weight excluding hydrogens is 416 g/mol. The number of benzene rings is 2. The van der Waals surface area contributed by atoms with Crippen molar-refractivity contribution in [2.75, 3.05) is 30.9 Å². The molecule has 31 heavy (non-hydrogen) atoms. The van der Waals surface area contributed by atoms with Gasteiger partial charge in [0, 0.05) is 31.6 Å². The van der Waals surface area contributed by atoms with Gasteiger partial charge >= 0.3 is 16.3 Å². The van der Waals surface area contributed by atoms with Crippen LogP contribution in [0.25, 0.3) is 10.9 Å². The summed E-state index contributed by atoms with van der Waals surface area (Å²) in [6, 6.07) is 20.4. The molecule has 1 N–H and O–H groups in total. The number of fused-ring (bicyclic) bond motifs is 1. The number of aromatic nitrogens is 1. The minimum absolute atomic E-state index is 0.184. The van der Waals surface area contributed by atoms with Crippen LogP contribution in [-0.2, 0) is 21.6 Å². The van der Waals surface area contributed by atoms with Crippen LogP contribution in [0.3, 0.4) is 0 Å². The average Bonchev–Trinajstić information content (AvgIpc) is 3.05. The predicted octanol–water partition coefficient (Wildman–Crippen LogP) is 3.24. The lowest BCUT2D eigenvalue weighted by Crippen LogP contribution is -2.40. The number of ether oxygens (including phenoxy) is 1. The van der Waals surface area contributed by atoms with E-state index in [9.17, 15) is 13.2 Å². The van der Waals surface area contributed by atoms with E-state index in [1.807, 2.05) is 60.7 Å². The van der Waals surface area contributed by atoms with Crippen molar-refractivity contribution in [2.24, 2.45) is 0 Å². The van der Waals surface area contributed by atoms with Crippen molar-refractivity contribution in [3.05, 3.63) is 72.3 Å². The first kappa shape index (κ1) is 21.1. The number of nitrogens with one attached hydrogen (secondary N) is 1. The first-order valence-corrected chi connectivity index (χ1v) is 11.5. The fourth-order valence-corrected chi connectivity index (χ4v) is 4.65. The van der Waals surface area contributed by atoms with Crippen molar-refractivity contribution in [3.8, 4) is 0 Å². The molecule has 2 aromatic carbocycles. The molecule has 8 nitrogen and oxygen atoms in total. The van der Waals surface area contributed by atoms with Gasteiger partial charge in [0.15, 0.2) is 0 Å². The predicted molar refractivity (Wildman–Crippen MR) is 119 cm³/mol. The van der Waals surface area contributed by atoms with Gasteiger partial charge in [-0.3, -0.25) is 4.72 Å². The van der Waals surface area contributed by atoms with E-state index in [2.05, 4.69) is 9.71 Å². The fraction of sp³-hybridized carbons (Fsp3) is 0.273. The summed E-state index contributed by atoms with van der Waals surface area (Å²) < 4.78 is 35.0. The summed E-state index contributed by atoms with van der Waals surface area (Å²) in [7, 11) is -3.79. The van der Waals surface area contributed by atoms with Crippen molar-refractivity contribution in [2.45, 2.75) is 13.0 Å². The number of anilines is 1. The zero-order valence-electron chi connectivity index (χ0n) is 17.0. The van der Waals surface area contributed by atoms with Crippen LogP contribution in [0.5, 0.6) is 0 Å². The van der Waals surface area contributed by atoms with E-state index in [1.165, 1.54) is 4.31 Å². The summed E-state index contributed by atoms with van der Waals surface area (Å²) in [5, 5.41) is 0.935. The standard InChI is InChI=1S/C22H24N4O4S/c27-22(30-17-18-7-2-1-3-8-18)25-13-6-14-26(16-15-25)31(28,29)24-21-12-11-19-9-4-5-10-20(19)23-21/h1-5,7-12H,6,13-17H2,(H,23,24). The van der Waals surface area contributed by atoms with Crippen molar-refractivity contribution < 1.29 is 17.9 Å². The minimum Gasteiger partial charge on any atom is -0.445 e. The molecule has 1 fully saturated rings. The summed E-state index contributed by atoms with van der Waals surface area (Å²) in [5.41, 5.74) is 1.62. The van der Waals surface area contributed by atoms with E-state index in [0.717, 1.165) is 10.9 Å². The van der Waals surface area contributed by atoms with Crippen LogP contribution in [0.4, 0.5) is 10.6 Å². The van der Waals surface area contributed by atoms with Crippen LogP contribution >= 0.6 is 0 Å². The Morgan fingerprint density at radius 1 is 0.935 bits per heavy atom. The Kier molecular flexibility index (Phi) is 6.34. The molecule has 0 unspecified atom stereocenters. The van der Waals surface area contributed by atoms with Crippen LogP contribution in [0, 0.1) is 0 Å². The lowest BCUT2D eigenvalue weighted by atomic mass is 10.2. The number of pyridine rings is 1. The van der Waals surface area contributed by atoms with Gasteiger partial charge in [0.25, 0.3) is 0 Å².